The van der Waals surface area contributed by atoms with Crippen LogP contribution < -0.4 is 0 Å². The first-order valence-corrected chi connectivity index (χ1v) is 8.31. The van der Waals surface area contributed by atoms with E-state index in [9.17, 15) is 0 Å². The fourth-order valence-corrected chi connectivity index (χ4v) is 4.47. The number of hydrogen-bond acceptors (Lipinski definition) is 3. The Kier molecular flexibility index (Phi) is 7.60. The first-order valence-electron chi connectivity index (χ1n) is 4.60. The molecule has 0 aromatic carbocycles. The van der Waals surface area contributed by atoms with E-state index in [1.165, 1.54) is 44.3 Å². The molecular formula is C9H16S3. The summed E-state index contributed by atoms with van der Waals surface area (Å²) in [6.45, 7) is 0. The molecule has 0 bridgehead atoms. The lowest BCUT2D eigenvalue weighted by molar-refractivity contribution is 0.640. The van der Waals surface area contributed by atoms with E-state index in [1.54, 1.807) is 0 Å². The number of hydrogen-bond donors (Lipinski definition) is 0. The lowest BCUT2D eigenvalue weighted by Crippen LogP contribution is -1.81. The first-order chi connectivity index (χ1) is 6.00. The summed E-state index contributed by atoms with van der Waals surface area (Å²) in [7, 11) is 5.78. The van der Waals surface area contributed by atoms with Crippen molar-refractivity contribution < 1.29 is 0 Å². The average molecular weight is 220 g/mol. The van der Waals surface area contributed by atoms with Gasteiger partial charge in [0.25, 0.3) is 0 Å². The molecule has 0 atom stereocenters. The second kappa shape index (κ2) is 8.39. The van der Waals surface area contributed by atoms with E-state index in [0.717, 1.165) is 0 Å². The highest BCUT2D eigenvalue weighted by Crippen LogP contribution is 2.36. The Bertz CT molecular complexity index is 109. The van der Waals surface area contributed by atoms with Crippen LogP contribution in [0.3, 0.4) is 0 Å². The second-order valence-electron chi connectivity index (χ2n) is 2.91. The zero-order valence-corrected chi connectivity index (χ0v) is 9.78. The van der Waals surface area contributed by atoms with Crippen molar-refractivity contribution in [1.82, 2.24) is 0 Å². The summed E-state index contributed by atoms with van der Waals surface area (Å²) >= 11 is 0. The van der Waals surface area contributed by atoms with Gasteiger partial charge in [-0.1, -0.05) is 46.9 Å². The van der Waals surface area contributed by atoms with Gasteiger partial charge in [0, 0.05) is 5.75 Å². The van der Waals surface area contributed by atoms with Gasteiger partial charge in [0.15, 0.2) is 0 Å². The molecule has 3 heteroatoms. The standard InChI is InChI=1S/C9H16S3/c1-2-4-6-8-10-12-11-9-7-5-3-1/h6,8H,1-5,7,9H2. The average Bonchev–Trinajstić information content (AvgIpc) is 2.05. The summed E-state index contributed by atoms with van der Waals surface area (Å²) in [5.41, 5.74) is 0. The van der Waals surface area contributed by atoms with Crippen molar-refractivity contribution in [3.05, 3.63) is 11.5 Å². The largest absolute Gasteiger partial charge is 0.0822 e. The van der Waals surface area contributed by atoms with Crippen molar-refractivity contribution in [2.45, 2.75) is 38.5 Å². The van der Waals surface area contributed by atoms with E-state index in [4.69, 9.17) is 0 Å². The van der Waals surface area contributed by atoms with Gasteiger partial charge < -0.3 is 0 Å². The predicted molar refractivity (Wildman–Crippen MR) is 64.5 cm³/mol. The SMILES string of the molecule is C1=CSSSCCCCCCC1. The van der Waals surface area contributed by atoms with Gasteiger partial charge in [-0.15, -0.1) is 0 Å². The molecule has 0 saturated heterocycles. The van der Waals surface area contributed by atoms with Crippen molar-refractivity contribution in [2.75, 3.05) is 5.75 Å². The molecule has 0 N–H and O–H groups in total. The topological polar surface area (TPSA) is 0 Å². The highest BCUT2D eigenvalue weighted by molar-refractivity contribution is 9.09. The highest BCUT2D eigenvalue weighted by Gasteiger charge is 1.93. The van der Waals surface area contributed by atoms with E-state index in [1.807, 2.05) is 31.4 Å². The smallest absolute Gasteiger partial charge is 0.00452 e. The van der Waals surface area contributed by atoms with Crippen LogP contribution in [0.4, 0.5) is 0 Å². The molecule has 12 heavy (non-hydrogen) atoms. The molecule has 0 aromatic rings. The Morgan fingerprint density at radius 1 is 0.917 bits per heavy atom. The monoisotopic (exact) mass is 220 g/mol. The molecule has 0 unspecified atom stereocenters. The normalized spacial score (nSPS) is 22.7. The molecule has 0 aromatic heterocycles. The second-order valence-corrected chi connectivity index (χ2v) is 7.08. The Hall–Kier alpha value is 0.790. The van der Waals surface area contributed by atoms with E-state index in [2.05, 4.69) is 11.5 Å². The van der Waals surface area contributed by atoms with Gasteiger partial charge in [-0.25, -0.2) is 0 Å². The molecule has 0 saturated carbocycles. The zero-order valence-electron chi connectivity index (χ0n) is 7.33. The minimum absolute atomic E-state index is 1.28. The van der Waals surface area contributed by atoms with Crippen molar-refractivity contribution in [3.63, 3.8) is 0 Å². The van der Waals surface area contributed by atoms with Crippen LogP contribution in [0, 0.1) is 0 Å². The molecule has 1 aliphatic heterocycles. The third kappa shape index (κ3) is 6.32. The minimum atomic E-state index is 1.28. The molecule has 0 aliphatic carbocycles. The third-order valence-corrected chi connectivity index (χ3v) is 5.70. The van der Waals surface area contributed by atoms with Gasteiger partial charge in [-0.05, 0) is 34.5 Å². The molecular weight excluding hydrogens is 204 g/mol. The molecule has 0 spiro atoms. The lowest BCUT2D eigenvalue weighted by atomic mass is 10.1. The molecule has 1 aliphatic rings. The zero-order chi connectivity index (χ0) is 8.49. The summed E-state index contributed by atoms with van der Waals surface area (Å²) in [4.78, 5) is 0. The van der Waals surface area contributed by atoms with Crippen LogP contribution in [-0.4, -0.2) is 5.75 Å². The Morgan fingerprint density at radius 3 is 2.75 bits per heavy atom. The summed E-state index contributed by atoms with van der Waals surface area (Å²) in [5.74, 6) is 1.32. The summed E-state index contributed by atoms with van der Waals surface area (Å²) in [5, 5.41) is 2.24. The van der Waals surface area contributed by atoms with Crippen LogP contribution >= 0.6 is 31.4 Å². The van der Waals surface area contributed by atoms with Gasteiger partial charge in [-0.3, -0.25) is 0 Å². The van der Waals surface area contributed by atoms with Crippen LogP contribution in [0.15, 0.2) is 11.5 Å². The Labute approximate surface area is 87.1 Å². The number of rotatable bonds is 0. The molecule has 70 valence electrons. The van der Waals surface area contributed by atoms with Crippen molar-refractivity contribution in [1.29, 1.82) is 0 Å². The summed E-state index contributed by atoms with van der Waals surface area (Å²) in [6.07, 6.45) is 10.7. The van der Waals surface area contributed by atoms with Gasteiger partial charge in [-0.2, -0.15) is 0 Å². The van der Waals surface area contributed by atoms with Gasteiger partial charge >= 0.3 is 0 Å². The van der Waals surface area contributed by atoms with E-state index < -0.39 is 0 Å². The van der Waals surface area contributed by atoms with Gasteiger partial charge in [0.2, 0.25) is 0 Å². The minimum Gasteiger partial charge on any atom is -0.0822 e. The van der Waals surface area contributed by atoms with Crippen LogP contribution in [0.25, 0.3) is 0 Å². The van der Waals surface area contributed by atoms with Gasteiger partial charge in [0.05, 0.1) is 0 Å². The van der Waals surface area contributed by atoms with Crippen molar-refractivity contribution in [2.24, 2.45) is 0 Å². The van der Waals surface area contributed by atoms with Crippen LogP contribution in [-0.2, 0) is 0 Å². The molecule has 0 nitrogen and oxygen atoms in total. The predicted octanol–water partition coefficient (Wildman–Crippen LogP) is 4.88. The highest BCUT2D eigenvalue weighted by atomic mass is 33.5. The number of allylic oxidation sites excluding steroid dienone is 1. The quantitative estimate of drug-likeness (QED) is 0.534. The summed E-state index contributed by atoms with van der Waals surface area (Å²) < 4.78 is 0. The molecule has 0 fully saturated rings. The van der Waals surface area contributed by atoms with E-state index in [-0.39, 0.29) is 0 Å². The fourth-order valence-electron chi connectivity index (χ4n) is 1.15. The molecule has 0 amide bonds. The van der Waals surface area contributed by atoms with Crippen LogP contribution in [0.2, 0.25) is 0 Å². The molecule has 0 radical (unpaired) electrons. The Morgan fingerprint density at radius 2 is 1.75 bits per heavy atom. The van der Waals surface area contributed by atoms with Gasteiger partial charge in [0.1, 0.15) is 0 Å². The maximum absolute atomic E-state index is 2.31. The fraction of sp³-hybridized carbons (Fsp3) is 0.778. The van der Waals surface area contributed by atoms with Crippen molar-refractivity contribution >= 4 is 31.4 Å². The van der Waals surface area contributed by atoms with Crippen molar-refractivity contribution in [3.8, 4) is 0 Å². The maximum atomic E-state index is 2.31. The lowest BCUT2D eigenvalue weighted by Gasteiger charge is -2.01. The van der Waals surface area contributed by atoms with Crippen LogP contribution in [0.5, 0.6) is 0 Å². The summed E-state index contributed by atoms with van der Waals surface area (Å²) in [6, 6.07) is 0. The molecule has 1 heterocycles. The van der Waals surface area contributed by atoms with E-state index in [0.29, 0.717) is 0 Å². The first kappa shape index (κ1) is 10.9. The maximum Gasteiger partial charge on any atom is 0.00452 e. The Balaban J connectivity index is 2.10. The third-order valence-electron chi connectivity index (χ3n) is 1.84. The van der Waals surface area contributed by atoms with Crippen LogP contribution in [0.1, 0.15) is 38.5 Å². The van der Waals surface area contributed by atoms with E-state index >= 15 is 0 Å². The molecule has 1 rings (SSSR count).